The van der Waals surface area contributed by atoms with Crippen LogP contribution in [0.25, 0.3) is 0 Å². The average Bonchev–Trinajstić information content (AvgIpc) is 2.82. The summed E-state index contributed by atoms with van der Waals surface area (Å²) >= 11 is 12.8. The fourth-order valence-corrected chi connectivity index (χ4v) is 4.50. The Bertz CT molecular complexity index is 1120. The van der Waals surface area contributed by atoms with E-state index in [1.54, 1.807) is 36.7 Å². The van der Waals surface area contributed by atoms with Crippen LogP contribution in [0.15, 0.2) is 64.6 Å². The van der Waals surface area contributed by atoms with Gasteiger partial charge in [-0.25, -0.2) is 0 Å². The molecule has 1 aliphatic heterocycles. The summed E-state index contributed by atoms with van der Waals surface area (Å²) in [6, 6.07) is 17.2. The SMILES string of the molecule is Oc1c2cc(Cl)cc1CN(CCc1ccccc1)Cc1cc(Cl)cc(c1O)C=NCCCN=C2. The molecular weight excluding hydrogens is 469 g/mol. The van der Waals surface area contributed by atoms with Gasteiger partial charge in [-0.2, -0.15) is 0 Å². The molecule has 1 aliphatic rings. The van der Waals surface area contributed by atoms with Gasteiger partial charge in [-0.15, -0.1) is 0 Å². The fourth-order valence-electron chi connectivity index (χ4n) is 4.00. The van der Waals surface area contributed by atoms with Crippen LogP contribution < -0.4 is 0 Å². The summed E-state index contributed by atoms with van der Waals surface area (Å²) in [5.74, 6) is 0.331. The van der Waals surface area contributed by atoms with E-state index in [4.69, 9.17) is 23.2 Å². The molecule has 0 spiro atoms. The lowest BCUT2D eigenvalue weighted by atomic mass is 10.1. The third kappa shape index (κ3) is 6.38. The Kier molecular flexibility index (Phi) is 8.22. The van der Waals surface area contributed by atoms with Gasteiger partial charge in [0.25, 0.3) is 0 Å². The maximum atomic E-state index is 11.0. The first-order valence-electron chi connectivity index (χ1n) is 11.3. The summed E-state index contributed by atoms with van der Waals surface area (Å²) in [7, 11) is 0. The van der Waals surface area contributed by atoms with Gasteiger partial charge in [-0.05, 0) is 42.7 Å². The maximum Gasteiger partial charge on any atom is 0.128 e. The van der Waals surface area contributed by atoms with Crippen LogP contribution in [0.1, 0.15) is 34.2 Å². The second-order valence-corrected chi connectivity index (χ2v) is 9.25. The number of benzene rings is 3. The van der Waals surface area contributed by atoms with Crippen LogP contribution >= 0.6 is 23.2 Å². The summed E-state index contributed by atoms with van der Waals surface area (Å²) in [5.41, 5.74) is 3.80. The summed E-state index contributed by atoms with van der Waals surface area (Å²) in [5, 5.41) is 23.0. The van der Waals surface area contributed by atoms with Crippen LogP contribution in [-0.2, 0) is 19.5 Å². The molecule has 0 unspecified atom stereocenters. The standard InChI is InChI=1S/C27H27Cl2N3O2/c28-24-11-20-15-30-8-4-9-31-16-21-12-25(29)14-23(27(21)34)18-32(17-22(13-24)26(20)33)10-7-19-5-2-1-3-6-19/h1-3,5-6,11-16,33-34H,4,7-10,17-18H2. The number of aliphatic imine (C=N–C) groups is 2. The lowest BCUT2D eigenvalue weighted by Gasteiger charge is -2.24. The third-order valence-electron chi connectivity index (χ3n) is 5.75. The second-order valence-electron chi connectivity index (χ2n) is 8.38. The minimum atomic E-state index is 0.166. The van der Waals surface area contributed by atoms with E-state index in [1.165, 1.54) is 5.56 Å². The van der Waals surface area contributed by atoms with Gasteiger partial charge in [0, 0.05) is 77.5 Å². The van der Waals surface area contributed by atoms with Gasteiger partial charge in [-0.3, -0.25) is 14.9 Å². The molecule has 3 aromatic carbocycles. The molecule has 2 N–H and O–H groups in total. The van der Waals surface area contributed by atoms with E-state index in [0.29, 0.717) is 65.0 Å². The molecule has 0 saturated heterocycles. The zero-order chi connectivity index (χ0) is 23.9. The van der Waals surface area contributed by atoms with Crippen LogP contribution in [-0.4, -0.2) is 47.2 Å². The molecule has 3 aromatic rings. The minimum Gasteiger partial charge on any atom is -0.507 e. The first kappa shape index (κ1) is 24.3. The molecule has 4 bridgehead atoms. The molecule has 0 saturated carbocycles. The summed E-state index contributed by atoms with van der Waals surface area (Å²) in [6.45, 7) is 2.71. The first-order valence-corrected chi connectivity index (χ1v) is 12.0. The Balaban J connectivity index is 1.72. The fraction of sp³-hybridized carbons (Fsp3) is 0.259. The highest BCUT2D eigenvalue weighted by Gasteiger charge is 2.17. The number of rotatable bonds is 3. The lowest BCUT2D eigenvalue weighted by Crippen LogP contribution is -2.25. The van der Waals surface area contributed by atoms with Gasteiger partial charge in [0.1, 0.15) is 11.5 Å². The topological polar surface area (TPSA) is 68.4 Å². The van der Waals surface area contributed by atoms with E-state index in [9.17, 15) is 10.2 Å². The van der Waals surface area contributed by atoms with Crippen molar-refractivity contribution in [3.8, 4) is 11.5 Å². The second kappa shape index (κ2) is 11.5. The molecular formula is C27H27Cl2N3O2. The van der Waals surface area contributed by atoms with Crippen molar-refractivity contribution in [1.29, 1.82) is 0 Å². The number of nitrogens with zero attached hydrogens (tertiary/aromatic N) is 3. The molecule has 1 heterocycles. The van der Waals surface area contributed by atoms with Crippen molar-refractivity contribution in [3.63, 3.8) is 0 Å². The summed E-state index contributed by atoms with van der Waals surface area (Å²) in [6.07, 6.45) is 4.89. The average molecular weight is 496 g/mol. The number of phenols is 2. The molecule has 0 fully saturated rings. The van der Waals surface area contributed by atoms with Crippen LogP contribution in [0.4, 0.5) is 0 Å². The molecule has 0 radical (unpaired) electrons. The highest BCUT2D eigenvalue weighted by Crippen LogP contribution is 2.31. The Morgan fingerprint density at radius 3 is 1.82 bits per heavy atom. The van der Waals surface area contributed by atoms with Crippen molar-refractivity contribution in [2.75, 3.05) is 19.6 Å². The Hall–Kier alpha value is -2.86. The molecule has 0 aliphatic carbocycles. The van der Waals surface area contributed by atoms with Gasteiger partial charge >= 0.3 is 0 Å². The van der Waals surface area contributed by atoms with Crippen molar-refractivity contribution in [1.82, 2.24) is 4.90 Å². The van der Waals surface area contributed by atoms with E-state index in [2.05, 4.69) is 27.0 Å². The van der Waals surface area contributed by atoms with Crippen molar-refractivity contribution < 1.29 is 10.2 Å². The zero-order valence-electron chi connectivity index (χ0n) is 18.8. The number of aromatic hydroxyl groups is 2. The van der Waals surface area contributed by atoms with Gasteiger partial charge in [0.15, 0.2) is 0 Å². The predicted molar refractivity (Wildman–Crippen MR) is 140 cm³/mol. The molecule has 0 atom stereocenters. The van der Waals surface area contributed by atoms with E-state index in [1.807, 2.05) is 18.2 Å². The smallest absolute Gasteiger partial charge is 0.128 e. The van der Waals surface area contributed by atoms with Crippen molar-refractivity contribution in [3.05, 3.63) is 92.5 Å². The number of hydrogen-bond acceptors (Lipinski definition) is 5. The maximum absolute atomic E-state index is 11.0. The van der Waals surface area contributed by atoms with Crippen LogP contribution in [0.5, 0.6) is 11.5 Å². The van der Waals surface area contributed by atoms with E-state index in [-0.39, 0.29) is 11.5 Å². The molecule has 0 aromatic heterocycles. The number of fused-ring (bicyclic) bond motifs is 4. The van der Waals surface area contributed by atoms with Crippen molar-refractivity contribution in [2.24, 2.45) is 9.98 Å². The van der Waals surface area contributed by atoms with Crippen molar-refractivity contribution >= 4 is 35.6 Å². The van der Waals surface area contributed by atoms with Crippen LogP contribution in [0, 0.1) is 0 Å². The number of phenolic OH excluding ortho intramolecular Hbond substituents is 2. The van der Waals surface area contributed by atoms with E-state index >= 15 is 0 Å². The summed E-state index contributed by atoms with van der Waals surface area (Å²) < 4.78 is 0. The number of halogens is 2. The van der Waals surface area contributed by atoms with Gasteiger partial charge in [0.2, 0.25) is 0 Å². The molecule has 34 heavy (non-hydrogen) atoms. The molecule has 176 valence electrons. The first-order chi connectivity index (χ1) is 16.5. The summed E-state index contributed by atoms with van der Waals surface area (Å²) in [4.78, 5) is 11.0. The minimum absolute atomic E-state index is 0.166. The largest absolute Gasteiger partial charge is 0.507 e. The monoisotopic (exact) mass is 495 g/mol. The van der Waals surface area contributed by atoms with Crippen LogP contribution in [0.3, 0.4) is 0 Å². The molecule has 0 amide bonds. The predicted octanol–water partition coefficient (Wildman–Crippen LogP) is 5.89. The Morgan fingerprint density at radius 1 is 0.765 bits per heavy atom. The highest BCUT2D eigenvalue weighted by molar-refractivity contribution is 6.31. The molecule has 4 rings (SSSR count). The number of hydrogen-bond donors (Lipinski definition) is 2. The lowest BCUT2D eigenvalue weighted by molar-refractivity contribution is 0.253. The van der Waals surface area contributed by atoms with Gasteiger partial charge in [-0.1, -0.05) is 53.5 Å². The quantitative estimate of drug-likeness (QED) is 0.475. The van der Waals surface area contributed by atoms with Gasteiger partial charge < -0.3 is 10.2 Å². The Morgan fingerprint density at radius 2 is 1.29 bits per heavy atom. The Labute approximate surface area is 210 Å². The van der Waals surface area contributed by atoms with Crippen molar-refractivity contribution in [2.45, 2.75) is 25.9 Å². The highest BCUT2D eigenvalue weighted by atomic mass is 35.5. The van der Waals surface area contributed by atoms with Gasteiger partial charge in [0.05, 0.1) is 0 Å². The zero-order valence-corrected chi connectivity index (χ0v) is 20.3. The van der Waals surface area contributed by atoms with Crippen LogP contribution in [0.2, 0.25) is 10.0 Å². The third-order valence-corrected chi connectivity index (χ3v) is 6.19. The van der Waals surface area contributed by atoms with E-state index in [0.717, 1.165) is 12.8 Å². The molecule has 7 heteroatoms. The normalized spacial score (nSPS) is 14.9. The molecule has 5 nitrogen and oxygen atoms in total. The van der Waals surface area contributed by atoms with E-state index < -0.39 is 0 Å².